The third kappa shape index (κ3) is 3.19. The van der Waals surface area contributed by atoms with Gasteiger partial charge in [-0.05, 0) is 37.1 Å². The fourth-order valence-corrected chi connectivity index (χ4v) is 2.85. The largest absolute Gasteiger partial charge is 0.376 e. The van der Waals surface area contributed by atoms with Crippen LogP contribution < -0.4 is 10.9 Å². The van der Waals surface area contributed by atoms with E-state index in [1.165, 1.54) is 10.2 Å². The summed E-state index contributed by atoms with van der Waals surface area (Å²) in [4.78, 5) is 12.5. The molecule has 1 aromatic heterocycles. The molecule has 0 aliphatic carbocycles. The Balaban J connectivity index is 1.92. The molecule has 0 saturated heterocycles. The van der Waals surface area contributed by atoms with Crippen molar-refractivity contribution in [3.8, 4) is 5.69 Å². The summed E-state index contributed by atoms with van der Waals surface area (Å²) in [6.45, 7) is 4.09. The fourth-order valence-electron chi connectivity index (χ4n) is 2.67. The van der Waals surface area contributed by atoms with E-state index in [2.05, 4.69) is 29.5 Å². The molecule has 3 rings (SSSR count). The number of benzene rings is 2. The van der Waals surface area contributed by atoms with Gasteiger partial charge in [-0.1, -0.05) is 54.1 Å². The van der Waals surface area contributed by atoms with E-state index in [1.54, 1.807) is 6.20 Å². The van der Waals surface area contributed by atoms with E-state index in [9.17, 15) is 4.79 Å². The van der Waals surface area contributed by atoms with E-state index < -0.39 is 0 Å². The van der Waals surface area contributed by atoms with Crippen molar-refractivity contribution in [2.45, 2.75) is 19.9 Å². The molecule has 1 heterocycles. The first-order valence-corrected chi connectivity index (χ1v) is 8.11. The summed E-state index contributed by atoms with van der Waals surface area (Å²) in [6, 6.07) is 17.3. The molecule has 1 atom stereocenters. The number of aryl methyl sites for hydroxylation is 1. The smallest absolute Gasteiger partial charge is 0.292 e. The number of hydrogen-bond donors (Lipinski definition) is 1. The topological polar surface area (TPSA) is 46.9 Å². The number of anilines is 1. The molecule has 2 aromatic carbocycles. The Kier molecular flexibility index (Phi) is 4.67. The molecule has 0 bridgehead atoms. The van der Waals surface area contributed by atoms with Crippen molar-refractivity contribution >= 4 is 17.3 Å². The van der Waals surface area contributed by atoms with Crippen molar-refractivity contribution in [3.05, 3.63) is 87.3 Å². The summed E-state index contributed by atoms with van der Waals surface area (Å²) in [5.74, 6) is 0. The van der Waals surface area contributed by atoms with Crippen LogP contribution in [0.5, 0.6) is 0 Å². The number of halogens is 1. The molecule has 0 aliphatic rings. The van der Waals surface area contributed by atoms with E-state index in [0.29, 0.717) is 11.4 Å². The maximum atomic E-state index is 12.5. The molecular weight excluding hydrogens is 322 g/mol. The van der Waals surface area contributed by atoms with Crippen LogP contribution in [0.4, 0.5) is 5.69 Å². The predicted molar refractivity (Wildman–Crippen MR) is 98.1 cm³/mol. The summed E-state index contributed by atoms with van der Waals surface area (Å²) >= 11 is 6.28. The Morgan fingerprint density at radius 2 is 1.75 bits per heavy atom. The van der Waals surface area contributed by atoms with Gasteiger partial charge in [0.25, 0.3) is 5.56 Å². The zero-order valence-corrected chi connectivity index (χ0v) is 14.3. The van der Waals surface area contributed by atoms with E-state index in [0.717, 1.165) is 5.56 Å². The molecule has 5 heteroatoms. The second-order valence-electron chi connectivity index (χ2n) is 5.65. The molecule has 1 unspecified atom stereocenters. The molecule has 0 spiro atoms. The molecule has 0 amide bonds. The van der Waals surface area contributed by atoms with Gasteiger partial charge in [0.1, 0.15) is 5.02 Å². The maximum absolute atomic E-state index is 12.5. The number of aromatic nitrogens is 2. The monoisotopic (exact) mass is 339 g/mol. The van der Waals surface area contributed by atoms with Gasteiger partial charge in [0, 0.05) is 6.04 Å². The molecule has 0 radical (unpaired) electrons. The third-order valence-corrected chi connectivity index (χ3v) is 4.31. The summed E-state index contributed by atoms with van der Waals surface area (Å²) in [5, 5.41) is 7.65. The highest BCUT2D eigenvalue weighted by molar-refractivity contribution is 6.33. The molecule has 0 saturated carbocycles. The lowest BCUT2D eigenvalue weighted by molar-refractivity contribution is 0.799. The molecule has 0 aliphatic heterocycles. The lowest BCUT2D eigenvalue weighted by Gasteiger charge is -2.18. The molecular formula is C19H18ClN3O. The highest BCUT2D eigenvalue weighted by Crippen LogP contribution is 2.25. The van der Waals surface area contributed by atoms with Crippen LogP contribution >= 0.6 is 11.6 Å². The van der Waals surface area contributed by atoms with Gasteiger partial charge in [0.15, 0.2) is 0 Å². The number of rotatable bonds is 4. The lowest BCUT2D eigenvalue weighted by atomic mass is 10.0. The van der Waals surface area contributed by atoms with Crippen LogP contribution in [0.2, 0.25) is 5.02 Å². The second kappa shape index (κ2) is 6.89. The van der Waals surface area contributed by atoms with E-state index >= 15 is 0 Å². The zero-order chi connectivity index (χ0) is 17.1. The predicted octanol–water partition coefficient (Wildman–Crippen LogP) is 4.37. The average Bonchev–Trinajstić information content (AvgIpc) is 2.60. The zero-order valence-electron chi connectivity index (χ0n) is 13.5. The van der Waals surface area contributed by atoms with Crippen molar-refractivity contribution in [2.24, 2.45) is 0 Å². The van der Waals surface area contributed by atoms with Crippen LogP contribution in [0.1, 0.15) is 24.1 Å². The van der Waals surface area contributed by atoms with Crippen LogP contribution in [0.25, 0.3) is 5.69 Å². The number of para-hydroxylation sites is 1. The first-order valence-electron chi connectivity index (χ1n) is 7.73. The maximum Gasteiger partial charge on any atom is 0.292 e. The first-order chi connectivity index (χ1) is 11.6. The van der Waals surface area contributed by atoms with Crippen LogP contribution in [0, 0.1) is 6.92 Å². The van der Waals surface area contributed by atoms with Crippen molar-refractivity contribution in [1.29, 1.82) is 0 Å². The highest BCUT2D eigenvalue weighted by Gasteiger charge is 2.14. The molecule has 4 nitrogen and oxygen atoms in total. The third-order valence-electron chi connectivity index (χ3n) is 3.95. The van der Waals surface area contributed by atoms with Gasteiger partial charge < -0.3 is 5.32 Å². The summed E-state index contributed by atoms with van der Waals surface area (Å²) in [6.07, 6.45) is 1.59. The summed E-state index contributed by atoms with van der Waals surface area (Å²) in [5.41, 5.74) is 3.21. The normalized spacial score (nSPS) is 12.0. The van der Waals surface area contributed by atoms with Crippen LogP contribution in [-0.2, 0) is 0 Å². The van der Waals surface area contributed by atoms with Crippen molar-refractivity contribution in [3.63, 3.8) is 0 Å². The summed E-state index contributed by atoms with van der Waals surface area (Å²) in [7, 11) is 0. The Labute approximate surface area is 145 Å². The lowest BCUT2D eigenvalue weighted by Crippen LogP contribution is -2.23. The van der Waals surface area contributed by atoms with Gasteiger partial charge in [0.2, 0.25) is 0 Å². The van der Waals surface area contributed by atoms with E-state index in [-0.39, 0.29) is 16.6 Å². The minimum Gasteiger partial charge on any atom is -0.376 e. The van der Waals surface area contributed by atoms with Gasteiger partial charge in [-0.3, -0.25) is 4.79 Å². The van der Waals surface area contributed by atoms with E-state index in [4.69, 9.17) is 11.6 Å². The van der Waals surface area contributed by atoms with Crippen molar-refractivity contribution in [1.82, 2.24) is 9.78 Å². The SMILES string of the molecule is Cc1ccccc1C(C)Nc1cnn(-c2ccccc2)c(=O)c1Cl. The van der Waals surface area contributed by atoms with Gasteiger partial charge in [-0.15, -0.1) is 0 Å². The quantitative estimate of drug-likeness (QED) is 0.767. The molecule has 1 N–H and O–H groups in total. The number of nitrogens with zero attached hydrogens (tertiary/aromatic N) is 2. The van der Waals surface area contributed by atoms with Gasteiger partial charge in [0.05, 0.1) is 17.6 Å². The van der Waals surface area contributed by atoms with Crippen molar-refractivity contribution in [2.75, 3.05) is 5.32 Å². The van der Waals surface area contributed by atoms with Crippen LogP contribution in [0.3, 0.4) is 0 Å². The van der Waals surface area contributed by atoms with E-state index in [1.807, 2.05) is 49.4 Å². The minimum atomic E-state index is -0.343. The Morgan fingerprint density at radius 3 is 2.46 bits per heavy atom. The average molecular weight is 340 g/mol. The standard InChI is InChI=1S/C19H18ClN3O/c1-13-8-6-7-11-16(13)14(2)22-17-12-21-23(19(24)18(17)20)15-9-4-3-5-10-15/h3-12,14,22H,1-2H3. The minimum absolute atomic E-state index is 0.0116. The van der Waals surface area contributed by atoms with Crippen LogP contribution in [-0.4, -0.2) is 9.78 Å². The Hall–Kier alpha value is -2.59. The fraction of sp³-hybridized carbons (Fsp3) is 0.158. The van der Waals surface area contributed by atoms with Gasteiger partial charge >= 0.3 is 0 Å². The number of nitrogens with one attached hydrogen (secondary N) is 1. The Bertz CT molecular complexity index is 906. The van der Waals surface area contributed by atoms with Crippen LogP contribution in [0.15, 0.2) is 65.6 Å². The van der Waals surface area contributed by atoms with Gasteiger partial charge in [-0.2, -0.15) is 9.78 Å². The Morgan fingerprint density at radius 1 is 1.08 bits per heavy atom. The number of hydrogen-bond acceptors (Lipinski definition) is 3. The van der Waals surface area contributed by atoms with Gasteiger partial charge in [-0.25, -0.2) is 0 Å². The van der Waals surface area contributed by atoms with Crippen molar-refractivity contribution < 1.29 is 0 Å². The highest BCUT2D eigenvalue weighted by atomic mass is 35.5. The molecule has 122 valence electrons. The molecule has 0 fully saturated rings. The molecule has 24 heavy (non-hydrogen) atoms. The first kappa shape index (κ1) is 16.3. The molecule has 3 aromatic rings. The second-order valence-corrected chi connectivity index (χ2v) is 6.03. The summed E-state index contributed by atoms with van der Waals surface area (Å²) < 4.78 is 1.30.